The highest BCUT2D eigenvalue weighted by molar-refractivity contribution is 5.99. The summed E-state index contributed by atoms with van der Waals surface area (Å²) in [7, 11) is 0. The van der Waals surface area contributed by atoms with Gasteiger partial charge in [-0.3, -0.25) is 4.79 Å². The Balaban J connectivity index is 2.36. The lowest BCUT2D eigenvalue weighted by Crippen LogP contribution is -2.36. The van der Waals surface area contributed by atoms with Crippen molar-refractivity contribution in [2.75, 3.05) is 0 Å². The van der Waals surface area contributed by atoms with Crippen LogP contribution in [0.4, 0.5) is 0 Å². The van der Waals surface area contributed by atoms with Crippen molar-refractivity contribution >= 4 is 5.78 Å². The van der Waals surface area contributed by atoms with Crippen molar-refractivity contribution in [3.05, 3.63) is 53.6 Å². The van der Waals surface area contributed by atoms with Crippen LogP contribution in [0.15, 0.2) is 42.5 Å². The maximum atomic E-state index is 11.8. The van der Waals surface area contributed by atoms with E-state index in [-0.39, 0.29) is 28.3 Å². The number of carbonyl (C=O) groups is 1. The van der Waals surface area contributed by atoms with Gasteiger partial charge in [-0.1, -0.05) is 45.0 Å². The summed E-state index contributed by atoms with van der Waals surface area (Å²) in [4.78, 5) is 11.8. The van der Waals surface area contributed by atoms with E-state index in [0.29, 0.717) is 5.75 Å². The second kappa shape index (κ2) is 7.79. The molecule has 140 valence electrons. The monoisotopic (exact) mass is 358 g/mol. The number of ether oxygens (including phenoxy) is 2. The standard InChI is InChI=1S/C21H26O5/c1-13(22)19-16(24)10-8-12-18(19)26-20(14(2)23)25-17-11-7-6-9-15(17)21(3,4)5/h6-12,14,20,23-24H,1-5H3. The zero-order valence-corrected chi connectivity index (χ0v) is 15.8. The number of rotatable bonds is 6. The van der Waals surface area contributed by atoms with Gasteiger partial charge in [0.1, 0.15) is 28.9 Å². The zero-order valence-electron chi connectivity index (χ0n) is 15.8. The lowest BCUT2D eigenvalue weighted by molar-refractivity contribution is -0.0787. The molecular weight excluding hydrogens is 332 g/mol. The summed E-state index contributed by atoms with van der Waals surface area (Å²) in [6, 6.07) is 12.1. The summed E-state index contributed by atoms with van der Waals surface area (Å²) in [6.45, 7) is 9.08. The van der Waals surface area contributed by atoms with Gasteiger partial charge in [0.15, 0.2) is 5.78 Å². The lowest BCUT2D eigenvalue weighted by atomic mass is 9.86. The summed E-state index contributed by atoms with van der Waals surface area (Å²) >= 11 is 0. The SMILES string of the molecule is CC(=O)c1c(O)cccc1OC(Oc1ccccc1C(C)(C)C)C(C)O. The van der Waals surface area contributed by atoms with Gasteiger partial charge in [-0.2, -0.15) is 0 Å². The van der Waals surface area contributed by atoms with E-state index in [1.807, 2.05) is 24.3 Å². The Morgan fingerprint density at radius 2 is 1.58 bits per heavy atom. The summed E-state index contributed by atoms with van der Waals surface area (Å²) in [6.07, 6.45) is -2.01. The van der Waals surface area contributed by atoms with Crippen molar-refractivity contribution in [1.82, 2.24) is 0 Å². The normalized spacial score (nSPS) is 13.8. The zero-order chi connectivity index (χ0) is 19.5. The van der Waals surface area contributed by atoms with Crippen LogP contribution in [-0.4, -0.2) is 28.4 Å². The van der Waals surface area contributed by atoms with E-state index in [4.69, 9.17) is 9.47 Å². The highest BCUT2D eigenvalue weighted by Crippen LogP contribution is 2.33. The number of para-hydroxylation sites is 1. The number of Topliss-reactive ketones (excluding diaryl/α,β-unsaturated/α-hetero) is 1. The first kappa shape index (κ1) is 19.8. The molecule has 2 unspecified atom stereocenters. The summed E-state index contributed by atoms with van der Waals surface area (Å²) in [5, 5.41) is 20.1. The van der Waals surface area contributed by atoms with Crippen LogP contribution < -0.4 is 9.47 Å². The van der Waals surface area contributed by atoms with E-state index in [9.17, 15) is 15.0 Å². The van der Waals surface area contributed by atoms with E-state index in [1.165, 1.54) is 13.0 Å². The number of hydrogen-bond donors (Lipinski definition) is 2. The van der Waals surface area contributed by atoms with Gasteiger partial charge < -0.3 is 19.7 Å². The topological polar surface area (TPSA) is 76.0 Å². The molecule has 0 amide bonds. The number of ketones is 1. The van der Waals surface area contributed by atoms with Crippen LogP contribution in [0.5, 0.6) is 17.2 Å². The number of phenols is 1. The van der Waals surface area contributed by atoms with Gasteiger partial charge in [-0.15, -0.1) is 0 Å². The molecule has 0 aliphatic carbocycles. The average Bonchev–Trinajstić information content (AvgIpc) is 2.53. The molecule has 2 atom stereocenters. The first-order valence-electron chi connectivity index (χ1n) is 8.55. The first-order valence-corrected chi connectivity index (χ1v) is 8.55. The molecule has 0 radical (unpaired) electrons. The average molecular weight is 358 g/mol. The minimum atomic E-state index is -1.04. The van der Waals surface area contributed by atoms with E-state index in [0.717, 1.165) is 5.56 Å². The number of benzene rings is 2. The minimum Gasteiger partial charge on any atom is -0.507 e. The Morgan fingerprint density at radius 3 is 2.15 bits per heavy atom. The number of hydrogen-bond acceptors (Lipinski definition) is 5. The third-order valence-electron chi connectivity index (χ3n) is 3.93. The van der Waals surface area contributed by atoms with Crippen LogP contribution in [0.3, 0.4) is 0 Å². The largest absolute Gasteiger partial charge is 0.507 e. The summed E-state index contributed by atoms with van der Waals surface area (Å²) in [5.74, 6) is 0.249. The highest BCUT2D eigenvalue weighted by atomic mass is 16.7. The quantitative estimate of drug-likeness (QED) is 0.602. The van der Waals surface area contributed by atoms with E-state index >= 15 is 0 Å². The molecular formula is C21H26O5. The molecule has 0 fully saturated rings. The fourth-order valence-electron chi connectivity index (χ4n) is 2.63. The fourth-order valence-corrected chi connectivity index (χ4v) is 2.63. The lowest BCUT2D eigenvalue weighted by Gasteiger charge is -2.28. The molecule has 0 aromatic heterocycles. The minimum absolute atomic E-state index is 0.0610. The molecule has 0 spiro atoms. The van der Waals surface area contributed by atoms with Gasteiger partial charge in [0, 0.05) is 0 Å². The van der Waals surface area contributed by atoms with Crippen LogP contribution in [0.2, 0.25) is 0 Å². The molecule has 2 aromatic rings. The number of carbonyl (C=O) groups excluding carboxylic acids is 1. The van der Waals surface area contributed by atoms with Gasteiger partial charge in [0.25, 0.3) is 6.29 Å². The second-order valence-electron chi connectivity index (χ2n) is 7.30. The van der Waals surface area contributed by atoms with Crippen LogP contribution in [0, 0.1) is 0 Å². The molecule has 0 aliphatic heterocycles. The van der Waals surface area contributed by atoms with Crippen LogP contribution in [-0.2, 0) is 5.41 Å². The Labute approximate surface area is 154 Å². The van der Waals surface area contributed by atoms with E-state index < -0.39 is 12.4 Å². The first-order chi connectivity index (χ1) is 12.1. The molecule has 0 bridgehead atoms. The predicted octanol–water partition coefficient (Wildman–Crippen LogP) is 4.06. The summed E-state index contributed by atoms with van der Waals surface area (Å²) in [5.41, 5.74) is 0.873. The van der Waals surface area contributed by atoms with Crippen LogP contribution >= 0.6 is 0 Å². The van der Waals surface area contributed by atoms with Crippen molar-refractivity contribution in [3.8, 4) is 17.2 Å². The highest BCUT2D eigenvalue weighted by Gasteiger charge is 2.26. The molecule has 2 aromatic carbocycles. The Kier molecular flexibility index (Phi) is 5.93. The van der Waals surface area contributed by atoms with Crippen molar-refractivity contribution < 1.29 is 24.5 Å². The number of aromatic hydroxyl groups is 1. The second-order valence-corrected chi connectivity index (χ2v) is 7.30. The van der Waals surface area contributed by atoms with Crippen LogP contribution in [0.25, 0.3) is 0 Å². The third-order valence-corrected chi connectivity index (χ3v) is 3.93. The van der Waals surface area contributed by atoms with Crippen molar-refractivity contribution in [1.29, 1.82) is 0 Å². The van der Waals surface area contributed by atoms with Crippen molar-refractivity contribution in [2.24, 2.45) is 0 Å². The van der Waals surface area contributed by atoms with E-state index in [2.05, 4.69) is 20.8 Å². The number of aliphatic hydroxyl groups excluding tert-OH is 1. The molecule has 2 rings (SSSR count). The maximum absolute atomic E-state index is 11.8. The molecule has 0 saturated heterocycles. The Bertz CT molecular complexity index is 774. The fraction of sp³-hybridized carbons (Fsp3) is 0.381. The Morgan fingerprint density at radius 1 is 1.00 bits per heavy atom. The van der Waals surface area contributed by atoms with Gasteiger partial charge in [-0.25, -0.2) is 0 Å². The maximum Gasteiger partial charge on any atom is 0.266 e. The molecule has 5 nitrogen and oxygen atoms in total. The van der Waals surface area contributed by atoms with Crippen molar-refractivity contribution in [3.63, 3.8) is 0 Å². The molecule has 0 heterocycles. The number of aliphatic hydroxyl groups is 1. The molecule has 26 heavy (non-hydrogen) atoms. The number of phenolic OH excluding ortho intramolecular Hbond substituents is 1. The molecule has 0 saturated carbocycles. The summed E-state index contributed by atoms with van der Waals surface area (Å²) < 4.78 is 11.7. The molecule has 5 heteroatoms. The molecule has 0 aliphatic rings. The van der Waals surface area contributed by atoms with Gasteiger partial charge in [-0.05, 0) is 43.0 Å². The van der Waals surface area contributed by atoms with Crippen LogP contribution in [0.1, 0.15) is 50.5 Å². The van der Waals surface area contributed by atoms with Gasteiger partial charge in [0.2, 0.25) is 0 Å². The predicted molar refractivity (Wildman–Crippen MR) is 100.0 cm³/mol. The van der Waals surface area contributed by atoms with E-state index in [1.54, 1.807) is 19.1 Å². The third kappa shape index (κ3) is 4.55. The van der Waals surface area contributed by atoms with Gasteiger partial charge >= 0.3 is 0 Å². The molecule has 2 N–H and O–H groups in total. The Hall–Kier alpha value is -2.53. The van der Waals surface area contributed by atoms with Crippen molar-refractivity contribution in [2.45, 2.75) is 52.4 Å². The smallest absolute Gasteiger partial charge is 0.266 e. The van der Waals surface area contributed by atoms with Gasteiger partial charge in [0.05, 0.1) is 0 Å².